The molecule has 9 atom stereocenters. The Labute approximate surface area is 844 Å². The van der Waals surface area contributed by atoms with Crippen LogP contribution in [0.1, 0.15) is 143 Å². The van der Waals surface area contributed by atoms with Gasteiger partial charge in [0.2, 0.25) is 0 Å². The molecule has 14 N–H and O–H groups in total. The number of hydrogen-bond acceptors (Lipinski definition) is 32. The lowest BCUT2D eigenvalue weighted by Gasteiger charge is -2.33. The number of aryl methyl sites for hydroxylation is 4. The van der Waals surface area contributed by atoms with E-state index in [0.717, 1.165) is 48.1 Å². The first kappa shape index (κ1) is 111. The number of ketones is 4. The van der Waals surface area contributed by atoms with E-state index >= 15 is 0 Å². The number of amides is 16. The highest BCUT2D eigenvalue weighted by atomic mass is 19.1. The van der Waals surface area contributed by atoms with Crippen molar-refractivity contribution in [3.63, 3.8) is 0 Å². The summed E-state index contributed by atoms with van der Waals surface area (Å²) >= 11 is 0. The molecule has 3 unspecified atom stereocenters. The minimum Gasteiger partial charge on any atom is -0.536 e. The number of para-hydroxylation sites is 3. The van der Waals surface area contributed by atoms with Crippen molar-refractivity contribution in [3.8, 4) is 23.0 Å². The molecular weight excluding hydrogens is 1920 g/mol. The van der Waals surface area contributed by atoms with Crippen LogP contribution in [0, 0.1) is 27.7 Å². The summed E-state index contributed by atoms with van der Waals surface area (Å²) in [7, 11) is -8.67. The summed E-state index contributed by atoms with van der Waals surface area (Å²) in [6.07, 6.45) is 2.03. The summed E-state index contributed by atoms with van der Waals surface area (Å²) in [4.78, 5) is 232. The van der Waals surface area contributed by atoms with Crippen molar-refractivity contribution in [1.29, 1.82) is 0 Å². The molecular formula is C95H111B6FN14O31. The van der Waals surface area contributed by atoms with E-state index in [1.807, 2.05) is 75.4 Å². The first-order valence-electron chi connectivity index (χ1n) is 47.7. The van der Waals surface area contributed by atoms with Gasteiger partial charge in [-0.15, -0.1) is 0 Å². The van der Waals surface area contributed by atoms with E-state index in [1.54, 1.807) is 45.9 Å². The van der Waals surface area contributed by atoms with Crippen molar-refractivity contribution in [2.45, 2.75) is 160 Å². The number of carbonyl (C=O) groups excluding carboxylic acids is 16. The molecule has 4 saturated heterocycles. The van der Waals surface area contributed by atoms with E-state index < -0.39 is 203 Å². The largest absolute Gasteiger partial charge is 0.536 e. The standard InChI is InChI=1S/C25H28B2FN3O8.C25H29B2N3O8.C23H26BN5O6.C22H28BN3O9/c1-15-3-2-4-17-13-19(27(38)39-22(15)17)14-20(32)21(16-5-7-18(8-6-16)26(36)37)29-25(35)31-12-11-30(10-9-28)23(33)24(31)34;1-3-29-11-12-30(24(33)23(29)32)25(34)28-21(16-7-9-18(10-8-16)26(35)36)20(31)14-19-13-17-6-4-5-15(2)22(17)38-27(19)37;1-3-28-10-11-29(22(32)21(28)31)23(33)27-18(20-25-8-5-9-26-20)17(30)13-16-12-15-7-4-6-14(2)19(15)35-24(16)34;1-4-25-7-8-26(20(30)19(25)29)22(33)24-17(12(3)27)15(28)10-14-9-13-6-5-11(2)16(21(31)32)18(13)35-23(14)34/h2-8,19,21,36-38H,9-14H2,1H3,(H,29,35);4-10,19,21,35-37H,3,11-14H2,1-2H3,(H,28,34);4-9,16,18,34H,3,10-13H2,1-2H3,(H,27,33);5-6,12,14,17,27,34H,4,7-10H2,1-3H3,(H,24,33)(H,31,32)/t2*19-,21?;16-,18?;12-,14-,17-/m1111/s1. The number of benzene rings is 6. The number of aliphatic hydroxyl groups excluding tert-OH is 1. The van der Waals surface area contributed by atoms with Crippen LogP contribution in [0.5, 0.6) is 23.0 Å². The fraction of sp³-hybridized carbons (Fsp3) is 0.400. The van der Waals surface area contributed by atoms with Crippen molar-refractivity contribution in [3.05, 3.63) is 201 Å². The zero-order valence-corrected chi connectivity index (χ0v) is 81.6. The van der Waals surface area contributed by atoms with Gasteiger partial charge >= 0.3 is 120 Å². The van der Waals surface area contributed by atoms with Gasteiger partial charge in [-0.05, 0) is 154 Å². The Balaban J connectivity index is 0.000000174. The lowest BCUT2D eigenvalue weighted by atomic mass is 9.64. The number of carboxylic acid groups (broad SMARTS) is 1. The minimum atomic E-state index is -1.75. The van der Waals surface area contributed by atoms with Crippen LogP contribution in [0.25, 0.3) is 0 Å². The number of carbonyl (C=O) groups is 17. The fourth-order valence-electron chi connectivity index (χ4n) is 18.2. The van der Waals surface area contributed by atoms with Gasteiger partial charge < -0.3 is 110 Å². The Kier molecular flexibility index (Phi) is 37.4. The van der Waals surface area contributed by atoms with E-state index in [9.17, 15) is 136 Å². The third kappa shape index (κ3) is 26.2. The third-order valence-corrected chi connectivity index (χ3v) is 26.5. The number of hydrogen-bond donors (Lipinski definition) is 14. The number of likely N-dealkylation sites (N-methyl/N-ethyl adjacent to an activating group) is 3. The molecule has 0 spiro atoms. The molecule has 772 valence electrons. The maximum Gasteiger partial charge on any atom is 0.526 e. The van der Waals surface area contributed by atoms with Gasteiger partial charge in [0.15, 0.2) is 29.0 Å². The van der Waals surface area contributed by atoms with E-state index in [2.05, 4.69) is 31.2 Å². The van der Waals surface area contributed by atoms with Crippen molar-refractivity contribution >= 4 is 154 Å². The first-order valence-corrected chi connectivity index (χ1v) is 47.7. The molecule has 0 bridgehead atoms. The van der Waals surface area contributed by atoms with Crippen LogP contribution in [-0.4, -0.2) is 340 Å². The second-order valence-corrected chi connectivity index (χ2v) is 36.3. The monoisotopic (exact) mass is 2030 g/mol. The summed E-state index contributed by atoms with van der Waals surface area (Å²) in [5.74, 6) is -11.5. The number of nitrogens with one attached hydrogen (secondary N) is 4. The molecule has 16 amide bonds. The molecule has 4 fully saturated rings. The molecule has 8 aliphatic rings. The van der Waals surface area contributed by atoms with E-state index in [-0.39, 0.29) is 125 Å². The molecule has 15 rings (SSSR count). The van der Waals surface area contributed by atoms with Crippen molar-refractivity contribution in [2.24, 2.45) is 0 Å². The van der Waals surface area contributed by atoms with E-state index in [4.69, 9.17) is 18.6 Å². The highest BCUT2D eigenvalue weighted by molar-refractivity contribution is 6.59. The number of urea groups is 4. The number of rotatable bonds is 28. The van der Waals surface area contributed by atoms with Gasteiger partial charge in [-0.1, -0.05) is 115 Å². The van der Waals surface area contributed by atoms with E-state index in [1.165, 1.54) is 82.5 Å². The van der Waals surface area contributed by atoms with Gasteiger partial charge in [0.25, 0.3) is 0 Å². The lowest BCUT2D eigenvalue weighted by Crippen LogP contribution is -2.61. The predicted octanol–water partition coefficient (Wildman–Crippen LogP) is -0.669. The van der Waals surface area contributed by atoms with Crippen LogP contribution in [0.3, 0.4) is 0 Å². The lowest BCUT2D eigenvalue weighted by molar-refractivity contribution is -0.153. The maximum absolute atomic E-state index is 13.6. The quantitative estimate of drug-likeness (QED) is 0.0214. The number of nitrogens with zero attached hydrogens (tertiary/aromatic N) is 10. The summed E-state index contributed by atoms with van der Waals surface area (Å²) < 4.78 is 35.2. The van der Waals surface area contributed by atoms with Crippen LogP contribution in [0.4, 0.5) is 23.6 Å². The number of alkyl halides is 1. The Morgan fingerprint density at radius 1 is 0.395 bits per heavy atom. The van der Waals surface area contributed by atoms with Crippen molar-refractivity contribution in [1.82, 2.24) is 70.4 Å². The zero-order valence-electron chi connectivity index (χ0n) is 81.6. The molecule has 147 heavy (non-hydrogen) atoms. The summed E-state index contributed by atoms with van der Waals surface area (Å²) in [5.41, 5.74) is 7.02. The first-order chi connectivity index (χ1) is 69.9. The molecule has 6 aromatic carbocycles. The number of imide groups is 4. The minimum absolute atomic E-state index is 0.00607. The Morgan fingerprint density at radius 3 is 1.03 bits per heavy atom. The van der Waals surface area contributed by atoms with Gasteiger partial charge in [0.1, 0.15) is 59.4 Å². The fourth-order valence-corrected chi connectivity index (χ4v) is 18.2. The average molecular weight is 2030 g/mol. The van der Waals surface area contributed by atoms with Gasteiger partial charge in [0.05, 0.1) is 6.10 Å². The van der Waals surface area contributed by atoms with Gasteiger partial charge in [-0.3, -0.25) is 77.1 Å². The van der Waals surface area contributed by atoms with Crippen LogP contribution in [-0.2, 0) is 83.2 Å². The third-order valence-electron chi connectivity index (χ3n) is 26.5. The molecule has 0 saturated carbocycles. The summed E-state index contributed by atoms with van der Waals surface area (Å²) in [6, 6.07) is 24.0. The number of halogens is 1. The topological polar surface area (TPSA) is 629 Å². The van der Waals surface area contributed by atoms with Crippen molar-refractivity contribution in [2.75, 3.05) is 85.2 Å². The summed E-state index contributed by atoms with van der Waals surface area (Å²) in [5, 5.41) is 109. The maximum atomic E-state index is 13.6. The SMILES string of the molecule is CCN1CCN(C(=O)NC(C(=O)C[C@H]2Cc3cccc(C)c3OB2O)c2ccc(B(O)O)cc2)C(=O)C1=O.CCN1CCN(C(=O)NC(C(=O)C[C@H]2Cc3cccc(C)c3OB2O)c2ncccn2)C(=O)C1=O.CCN1CCN(C(=O)N[C@@H](C(=O)C[C@H]2Cc3ccc(C)c(C(=O)O)c3OB2O)[C@@H](C)O)C(=O)C1=O.Cc1cccc2c1OB(O)[C@@H](CC(=O)C(NC(=O)N1CCN(CCF)C(=O)C1=O)c1ccc(B(O)O)cc1)C2. The number of carboxylic acids is 1. The van der Waals surface area contributed by atoms with Crippen LogP contribution >= 0.6 is 0 Å². The number of fused-ring (bicyclic) bond motifs is 4. The van der Waals surface area contributed by atoms with E-state index in [0.29, 0.717) is 82.6 Å². The smallest absolute Gasteiger partial charge is 0.526 e. The second kappa shape index (κ2) is 49.5. The molecule has 8 aliphatic heterocycles. The molecule has 0 aliphatic carbocycles. The molecule has 9 heterocycles. The second-order valence-electron chi connectivity index (χ2n) is 36.3. The van der Waals surface area contributed by atoms with Gasteiger partial charge in [-0.2, -0.15) is 0 Å². The Morgan fingerprint density at radius 2 is 0.701 bits per heavy atom. The zero-order chi connectivity index (χ0) is 107. The van der Waals surface area contributed by atoms with Crippen LogP contribution in [0.2, 0.25) is 23.3 Å². The normalized spacial score (nSPS) is 18.5. The predicted molar refractivity (Wildman–Crippen MR) is 523 cm³/mol. The number of aliphatic hydroxyl groups is 1. The summed E-state index contributed by atoms with van der Waals surface area (Å²) in [6.45, 7) is 13.8. The highest BCUT2D eigenvalue weighted by Crippen LogP contribution is 2.43. The number of Topliss-reactive ketones (excluding diaryl/α,β-unsaturated/α-hetero) is 4. The van der Waals surface area contributed by atoms with Gasteiger partial charge in [-0.25, -0.2) is 38.3 Å². The average Bonchev–Trinajstić information content (AvgIpc) is 0.776. The molecule has 1 aromatic heterocycles. The number of piperazine rings is 4. The van der Waals surface area contributed by atoms with Crippen LogP contribution < -0.4 is 50.8 Å². The van der Waals surface area contributed by atoms with Crippen LogP contribution in [0.15, 0.2) is 134 Å². The highest BCUT2D eigenvalue weighted by Gasteiger charge is 2.49. The Hall–Kier alpha value is -14.7. The van der Waals surface area contributed by atoms with Crippen molar-refractivity contribution < 1.29 is 155 Å². The molecule has 52 heteroatoms. The number of aromatic carboxylic acids is 1. The van der Waals surface area contributed by atoms with Gasteiger partial charge in [0, 0.05) is 140 Å². The molecule has 7 aromatic rings. The number of aromatic nitrogens is 2. The Bertz CT molecular complexity index is 6170. The molecule has 45 nitrogen and oxygen atoms in total. The molecule has 0 radical (unpaired) electrons.